The smallest absolute Gasteiger partial charge is 0.147 e. The summed E-state index contributed by atoms with van der Waals surface area (Å²) in [5.41, 5.74) is 1.39. The number of sulfone groups is 1. The number of hydrogen-bond acceptors (Lipinski definition) is 3. The molecule has 1 saturated heterocycles. The van der Waals surface area contributed by atoms with Crippen LogP contribution in [0.25, 0.3) is 0 Å². The second-order valence-electron chi connectivity index (χ2n) is 5.99. The Balaban J connectivity index is 1.73. The summed E-state index contributed by atoms with van der Waals surface area (Å²) in [4.78, 5) is 2.43. The van der Waals surface area contributed by atoms with Crippen LogP contribution in [0.15, 0.2) is 30.3 Å². The predicted molar refractivity (Wildman–Crippen MR) is 83.6 cm³/mol. The first kappa shape index (κ1) is 15.5. The Hall–Kier alpha value is -0.870. The van der Waals surface area contributed by atoms with Gasteiger partial charge in [0, 0.05) is 12.8 Å². The molecule has 0 bridgehead atoms. The maximum absolute atomic E-state index is 11.4. The Morgan fingerprint density at radius 1 is 1.25 bits per heavy atom. The summed E-state index contributed by atoms with van der Waals surface area (Å²) >= 11 is 0. The summed E-state index contributed by atoms with van der Waals surface area (Å²) in [7, 11) is -2.84. The van der Waals surface area contributed by atoms with Crippen LogP contribution in [0.1, 0.15) is 24.8 Å². The van der Waals surface area contributed by atoms with Gasteiger partial charge < -0.3 is 4.90 Å². The lowest BCUT2D eigenvalue weighted by Gasteiger charge is -2.32. The van der Waals surface area contributed by atoms with Gasteiger partial charge in [-0.2, -0.15) is 0 Å². The summed E-state index contributed by atoms with van der Waals surface area (Å²) in [6.07, 6.45) is 5.79. The van der Waals surface area contributed by atoms with Crippen molar-refractivity contribution in [1.29, 1.82) is 0 Å². The van der Waals surface area contributed by atoms with Gasteiger partial charge in [0.2, 0.25) is 0 Å². The largest absolute Gasteiger partial charge is 0.303 e. The van der Waals surface area contributed by atoms with Gasteiger partial charge in [-0.05, 0) is 50.3 Å². The third-order valence-electron chi connectivity index (χ3n) is 3.92. The van der Waals surface area contributed by atoms with Crippen molar-refractivity contribution in [3.05, 3.63) is 35.9 Å². The number of aryl methyl sites for hydroxylation is 1. The molecule has 2 rings (SSSR count). The predicted octanol–water partition coefficient (Wildman–Crippen LogP) is 2.38. The number of hydrogen-bond donors (Lipinski definition) is 0. The van der Waals surface area contributed by atoms with E-state index in [1.165, 1.54) is 11.8 Å². The van der Waals surface area contributed by atoms with Crippen LogP contribution in [0.4, 0.5) is 0 Å². The molecule has 1 atom stereocenters. The summed E-state index contributed by atoms with van der Waals surface area (Å²) in [5, 5.41) is 0. The minimum atomic E-state index is -2.84. The standard InChI is InChI=1S/C16H25NO2S/c1-20(18,19)14-16-10-6-12-17(13-16)11-5-9-15-7-3-2-4-8-15/h2-4,7-8,16H,5-6,9-14H2,1H3/t16-/m1/s1. The molecule has 0 amide bonds. The van der Waals surface area contributed by atoms with Crippen LogP contribution in [-0.2, 0) is 16.3 Å². The van der Waals surface area contributed by atoms with E-state index in [1.54, 1.807) is 0 Å². The molecule has 112 valence electrons. The van der Waals surface area contributed by atoms with Crippen LogP contribution in [0.2, 0.25) is 0 Å². The molecule has 3 nitrogen and oxygen atoms in total. The first-order valence-corrected chi connectivity index (χ1v) is 9.53. The van der Waals surface area contributed by atoms with Crippen LogP contribution < -0.4 is 0 Å². The molecule has 0 spiro atoms. The summed E-state index contributed by atoms with van der Waals surface area (Å²) in [6, 6.07) is 10.5. The average molecular weight is 295 g/mol. The van der Waals surface area contributed by atoms with E-state index in [0.29, 0.717) is 11.7 Å². The number of benzene rings is 1. The normalized spacial score (nSPS) is 20.9. The first-order valence-electron chi connectivity index (χ1n) is 7.47. The van der Waals surface area contributed by atoms with Crippen LogP contribution in [0.3, 0.4) is 0 Å². The zero-order chi connectivity index (χ0) is 14.4. The summed E-state index contributed by atoms with van der Waals surface area (Å²) < 4.78 is 22.8. The highest BCUT2D eigenvalue weighted by Gasteiger charge is 2.22. The highest BCUT2D eigenvalue weighted by atomic mass is 32.2. The van der Waals surface area contributed by atoms with E-state index >= 15 is 0 Å². The second-order valence-corrected chi connectivity index (χ2v) is 8.18. The number of piperidine rings is 1. The lowest BCUT2D eigenvalue weighted by atomic mass is 9.99. The van der Waals surface area contributed by atoms with E-state index < -0.39 is 9.84 Å². The molecule has 1 fully saturated rings. The molecule has 0 saturated carbocycles. The Morgan fingerprint density at radius 3 is 2.70 bits per heavy atom. The Kier molecular flexibility index (Phi) is 5.61. The van der Waals surface area contributed by atoms with Crippen molar-refractivity contribution in [1.82, 2.24) is 4.90 Å². The maximum Gasteiger partial charge on any atom is 0.147 e. The van der Waals surface area contributed by atoms with Crippen molar-refractivity contribution in [2.24, 2.45) is 5.92 Å². The molecule has 0 aliphatic carbocycles. The minimum absolute atomic E-state index is 0.329. The van der Waals surface area contributed by atoms with Crippen molar-refractivity contribution in [2.45, 2.75) is 25.7 Å². The summed E-state index contributed by atoms with van der Waals surface area (Å²) in [5.74, 6) is 0.679. The van der Waals surface area contributed by atoms with Gasteiger partial charge in [0.1, 0.15) is 9.84 Å². The van der Waals surface area contributed by atoms with E-state index in [-0.39, 0.29) is 0 Å². The third-order valence-corrected chi connectivity index (χ3v) is 5.00. The Morgan fingerprint density at radius 2 is 2.00 bits per heavy atom. The molecule has 1 aliphatic heterocycles. The van der Waals surface area contributed by atoms with Crippen LogP contribution in [0, 0.1) is 5.92 Å². The van der Waals surface area contributed by atoms with Gasteiger partial charge in [-0.15, -0.1) is 0 Å². The van der Waals surface area contributed by atoms with Crippen molar-refractivity contribution in [3.8, 4) is 0 Å². The van der Waals surface area contributed by atoms with E-state index in [4.69, 9.17) is 0 Å². The first-order chi connectivity index (χ1) is 9.53. The molecule has 1 aromatic carbocycles. The second kappa shape index (κ2) is 7.23. The van der Waals surface area contributed by atoms with Gasteiger partial charge in [0.25, 0.3) is 0 Å². The molecule has 0 N–H and O–H groups in total. The molecule has 0 aromatic heterocycles. The van der Waals surface area contributed by atoms with E-state index in [9.17, 15) is 8.42 Å². The number of nitrogens with zero attached hydrogens (tertiary/aromatic N) is 1. The monoisotopic (exact) mass is 295 g/mol. The average Bonchev–Trinajstić information content (AvgIpc) is 2.38. The molecular formula is C16H25NO2S. The van der Waals surface area contributed by atoms with Gasteiger partial charge in [0.15, 0.2) is 0 Å². The van der Waals surface area contributed by atoms with Crippen molar-refractivity contribution < 1.29 is 8.42 Å². The lowest BCUT2D eigenvalue weighted by Crippen LogP contribution is -2.38. The van der Waals surface area contributed by atoms with Crippen LogP contribution in [-0.4, -0.2) is 45.0 Å². The van der Waals surface area contributed by atoms with E-state index in [2.05, 4.69) is 29.2 Å². The highest BCUT2D eigenvalue weighted by Crippen LogP contribution is 2.18. The van der Waals surface area contributed by atoms with Gasteiger partial charge >= 0.3 is 0 Å². The Bertz CT molecular complexity index is 498. The quantitative estimate of drug-likeness (QED) is 0.808. The van der Waals surface area contributed by atoms with Crippen LogP contribution >= 0.6 is 0 Å². The van der Waals surface area contributed by atoms with Crippen LogP contribution in [0.5, 0.6) is 0 Å². The zero-order valence-electron chi connectivity index (χ0n) is 12.3. The molecule has 20 heavy (non-hydrogen) atoms. The molecule has 1 heterocycles. The van der Waals surface area contributed by atoms with Gasteiger partial charge in [-0.25, -0.2) is 8.42 Å². The van der Waals surface area contributed by atoms with Crippen molar-refractivity contribution in [2.75, 3.05) is 31.6 Å². The molecular weight excluding hydrogens is 270 g/mol. The number of rotatable bonds is 6. The molecule has 4 heteroatoms. The minimum Gasteiger partial charge on any atom is -0.303 e. The fourth-order valence-electron chi connectivity index (χ4n) is 3.07. The van der Waals surface area contributed by atoms with E-state index in [0.717, 1.165) is 45.3 Å². The third kappa shape index (κ3) is 5.63. The van der Waals surface area contributed by atoms with E-state index in [1.807, 2.05) is 6.07 Å². The fourth-order valence-corrected chi connectivity index (χ4v) is 4.20. The van der Waals surface area contributed by atoms with Crippen molar-refractivity contribution >= 4 is 9.84 Å². The lowest BCUT2D eigenvalue weighted by molar-refractivity contribution is 0.183. The Labute approximate surface area is 122 Å². The van der Waals surface area contributed by atoms with Crippen molar-refractivity contribution in [3.63, 3.8) is 0 Å². The molecule has 1 aliphatic rings. The molecule has 1 aromatic rings. The SMILES string of the molecule is CS(=O)(=O)C[C@@H]1CCCN(CCCc2ccccc2)C1. The van der Waals surface area contributed by atoms with Gasteiger partial charge in [0.05, 0.1) is 5.75 Å². The van der Waals surface area contributed by atoms with Gasteiger partial charge in [-0.1, -0.05) is 30.3 Å². The topological polar surface area (TPSA) is 37.4 Å². The molecule has 0 radical (unpaired) electrons. The highest BCUT2D eigenvalue weighted by molar-refractivity contribution is 7.90. The van der Waals surface area contributed by atoms with Gasteiger partial charge in [-0.3, -0.25) is 0 Å². The number of likely N-dealkylation sites (tertiary alicyclic amines) is 1. The molecule has 0 unspecified atom stereocenters. The summed E-state index contributed by atoms with van der Waals surface area (Å²) in [6.45, 7) is 3.14. The zero-order valence-corrected chi connectivity index (χ0v) is 13.1. The fraction of sp³-hybridized carbons (Fsp3) is 0.625. The maximum atomic E-state index is 11.4.